The summed E-state index contributed by atoms with van der Waals surface area (Å²) in [5, 5.41) is 0. The summed E-state index contributed by atoms with van der Waals surface area (Å²) in [6.07, 6.45) is 0. The number of pyridine rings is 1. The van der Waals surface area contributed by atoms with Gasteiger partial charge in [0.1, 0.15) is 17.9 Å². The number of nitrogens with zero attached hydrogens (tertiary/aromatic N) is 1. The lowest BCUT2D eigenvalue weighted by Crippen LogP contribution is -2.27. The van der Waals surface area contributed by atoms with Crippen molar-refractivity contribution >= 4 is 11.8 Å². The van der Waals surface area contributed by atoms with E-state index in [9.17, 15) is 14.4 Å². The second kappa shape index (κ2) is 6.80. The summed E-state index contributed by atoms with van der Waals surface area (Å²) < 4.78 is 16.8. The number of aromatic nitrogens is 1. The normalized spacial score (nSPS) is 12.2. The van der Waals surface area contributed by atoms with Gasteiger partial charge in [0.15, 0.2) is 5.78 Å². The van der Waals surface area contributed by atoms with Crippen LogP contribution >= 0.6 is 0 Å². The minimum absolute atomic E-state index is 0.137. The number of ketones is 1. The number of fused-ring (bicyclic) bond motifs is 1. The standard InChI is InChI=1S/C18H17NO6/c1-3-24-18(22)14-10-13(17-19(16(14)21)8-9-25-17)15(20)11-4-6-12(23-2)7-5-11/h4-7,10H,3,8-9H2,1-2H3. The van der Waals surface area contributed by atoms with Crippen molar-refractivity contribution in [2.24, 2.45) is 0 Å². The molecule has 0 amide bonds. The Bertz CT molecular complexity index is 882. The summed E-state index contributed by atoms with van der Waals surface area (Å²) in [7, 11) is 1.53. The van der Waals surface area contributed by atoms with E-state index in [-0.39, 0.29) is 42.5 Å². The predicted molar refractivity (Wildman–Crippen MR) is 88.6 cm³/mol. The van der Waals surface area contributed by atoms with E-state index in [0.717, 1.165) is 0 Å². The van der Waals surface area contributed by atoms with Gasteiger partial charge in [0.2, 0.25) is 5.88 Å². The highest BCUT2D eigenvalue weighted by Gasteiger charge is 2.28. The van der Waals surface area contributed by atoms with Crippen molar-refractivity contribution in [3.8, 4) is 11.6 Å². The van der Waals surface area contributed by atoms with Gasteiger partial charge in [-0.1, -0.05) is 0 Å². The average molecular weight is 343 g/mol. The number of hydrogen-bond donors (Lipinski definition) is 0. The highest BCUT2D eigenvalue weighted by Crippen LogP contribution is 2.26. The van der Waals surface area contributed by atoms with E-state index < -0.39 is 11.5 Å². The molecule has 7 nitrogen and oxygen atoms in total. The molecule has 0 unspecified atom stereocenters. The minimum atomic E-state index is -0.751. The van der Waals surface area contributed by atoms with E-state index in [1.165, 1.54) is 17.7 Å². The van der Waals surface area contributed by atoms with Crippen LogP contribution < -0.4 is 15.0 Å². The molecule has 0 saturated heterocycles. The quantitative estimate of drug-likeness (QED) is 0.606. The first kappa shape index (κ1) is 16.8. The fourth-order valence-electron chi connectivity index (χ4n) is 2.66. The zero-order chi connectivity index (χ0) is 18.0. The van der Waals surface area contributed by atoms with Crippen molar-refractivity contribution in [2.45, 2.75) is 13.5 Å². The number of methoxy groups -OCH3 is 1. The van der Waals surface area contributed by atoms with E-state index >= 15 is 0 Å². The Hall–Kier alpha value is -3.09. The minimum Gasteiger partial charge on any atom is -0.497 e. The average Bonchev–Trinajstić information content (AvgIpc) is 3.12. The monoisotopic (exact) mass is 343 g/mol. The molecule has 130 valence electrons. The van der Waals surface area contributed by atoms with Crippen LogP contribution in [0.3, 0.4) is 0 Å². The van der Waals surface area contributed by atoms with Crippen LogP contribution in [-0.2, 0) is 11.3 Å². The Balaban J connectivity index is 2.10. The summed E-state index contributed by atoms with van der Waals surface area (Å²) in [6.45, 7) is 2.34. The number of benzene rings is 1. The van der Waals surface area contributed by atoms with E-state index in [2.05, 4.69) is 0 Å². The first-order chi connectivity index (χ1) is 12.1. The number of carbonyl (C=O) groups excluding carboxylic acids is 2. The molecule has 0 atom stereocenters. The lowest BCUT2D eigenvalue weighted by Gasteiger charge is -2.11. The Labute approximate surface area is 143 Å². The Kier molecular flexibility index (Phi) is 4.56. The molecule has 0 bridgehead atoms. The van der Waals surface area contributed by atoms with Gasteiger partial charge in [0, 0.05) is 5.56 Å². The molecule has 3 rings (SSSR count). The maximum absolute atomic E-state index is 12.9. The largest absolute Gasteiger partial charge is 0.497 e. The molecular formula is C18H17NO6. The maximum atomic E-state index is 12.9. The molecule has 0 saturated carbocycles. The highest BCUT2D eigenvalue weighted by molar-refractivity contribution is 6.11. The van der Waals surface area contributed by atoms with Crippen LogP contribution in [0.25, 0.3) is 0 Å². The summed E-state index contributed by atoms with van der Waals surface area (Å²) in [5.41, 5.74) is -0.136. The second-order valence-electron chi connectivity index (χ2n) is 5.36. The second-order valence-corrected chi connectivity index (χ2v) is 5.36. The van der Waals surface area contributed by atoms with Crippen molar-refractivity contribution in [3.63, 3.8) is 0 Å². The van der Waals surface area contributed by atoms with Crippen LogP contribution in [0, 0.1) is 0 Å². The summed E-state index contributed by atoms with van der Waals surface area (Å²) >= 11 is 0. The van der Waals surface area contributed by atoms with Crippen LogP contribution in [0.1, 0.15) is 33.2 Å². The molecule has 2 aromatic rings. The van der Waals surface area contributed by atoms with Crippen LogP contribution in [0.2, 0.25) is 0 Å². The van der Waals surface area contributed by atoms with Crippen LogP contribution in [0.15, 0.2) is 35.1 Å². The fourth-order valence-corrected chi connectivity index (χ4v) is 2.66. The molecule has 7 heteroatoms. The van der Waals surface area contributed by atoms with Gasteiger partial charge in [0.05, 0.1) is 25.8 Å². The number of hydrogen-bond acceptors (Lipinski definition) is 6. The van der Waals surface area contributed by atoms with Crippen LogP contribution in [-0.4, -0.2) is 36.6 Å². The van der Waals surface area contributed by atoms with Crippen molar-refractivity contribution < 1.29 is 23.8 Å². The number of carbonyl (C=O) groups is 2. The smallest absolute Gasteiger partial charge is 0.343 e. The molecule has 25 heavy (non-hydrogen) atoms. The third-order valence-corrected chi connectivity index (χ3v) is 3.89. The van der Waals surface area contributed by atoms with Crippen LogP contribution in [0.5, 0.6) is 11.6 Å². The van der Waals surface area contributed by atoms with E-state index in [1.54, 1.807) is 31.2 Å². The lowest BCUT2D eigenvalue weighted by molar-refractivity contribution is 0.0523. The molecule has 1 aliphatic rings. The van der Waals surface area contributed by atoms with Gasteiger partial charge in [-0.25, -0.2) is 4.79 Å². The van der Waals surface area contributed by atoms with E-state index in [4.69, 9.17) is 14.2 Å². The molecule has 1 aromatic carbocycles. The Morgan fingerprint density at radius 2 is 1.92 bits per heavy atom. The topological polar surface area (TPSA) is 83.8 Å². The SMILES string of the molecule is CCOC(=O)c1cc(C(=O)c2ccc(OC)cc2)c2n(c1=O)CCO2. The molecule has 0 N–H and O–H groups in total. The van der Waals surface area contributed by atoms with Gasteiger partial charge < -0.3 is 14.2 Å². The summed E-state index contributed by atoms with van der Waals surface area (Å²) in [5.74, 6) is -0.300. The van der Waals surface area contributed by atoms with Crippen molar-refractivity contribution in [1.29, 1.82) is 0 Å². The molecule has 0 spiro atoms. The number of rotatable bonds is 5. The van der Waals surface area contributed by atoms with Crippen LogP contribution in [0.4, 0.5) is 0 Å². The van der Waals surface area contributed by atoms with Gasteiger partial charge in [-0.15, -0.1) is 0 Å². The fraction of sp³-hybridized carbons (Fsp3) is 0.278. The zero-order valence-corrected chi connectivity index (χ0v) is 13.9. The Morgan fingerprint density at radius 1 is 1.20 bits per heavy atom. The molecule has 1 aromatic heterocycles. The predicted octanol–water partition coefficient (Wildman–Crippen LogP) is 1.66. The highest BCUT2D eigenvalue weighted by atomic mass is 16.5. The van der Waals surface area contributed by atoms with Crippen molar-refractivity contribution in [2.75, 3.05) is 20.3 Å². The van der Waals surface area contributed by atoms with Crippen molar-refractivity contribution in [1.82, 2.24) is 4.57 Å². The molecule has 2 heterocycles. The third-order valence-electron chi connectivity index (χ3n) is 3.89. The van der Waals surface area contributed by atoms with Gasteiger partial charge >= 0.3 is 5.97 Å². The van der Waals surface area contributed by atoms with Gasteiger partial charge in [-0.2, -0.15) is 0 Å². The molecule has 0 aliphatic carbocycles. The van der Waals surface area contributed by atoms with Gasteiger partial charge in [-0.05, 0) is 37.3 Å². The molecule has 1 aliphatic heterocycles. The Morgan fingerprint density at radius 3 is 2.56 bits per heavy atom. The maximum Gasteiger partial charge on any atom is 0.343 e. The first-order valence-electron chi connectivity index (χ1n) is 7.83. The van der Waals surface area contributed by atoms with Gasteiger partial charge in [-0.3, -0.25) is 14.2 Å². The molecular weight excluding hydrogens is 326 g/mol. The first-order valence-corrected chi connectivity index (χ1v) is 7.83. The molecule has 0 radical (unpaired) electrons. The van der Waals surface area contributed by atoms with E-state index in [0.29, 0.717) is 11.3 Å². The van der Waals surface area contributed by atoms with Crippen molar-refractivity contribution in [3.05, 3.63) is 57.4 Å². The number of esters is 1. The van der Waals surface area contributed by atoms with E-state index in [1.807, 2.05) is 0 Å². The number of ether oxygens (including phenoxy) is 3. The van der Waals surface area contributed by atoms with Gasteiger partial charge in [0.25, 0.3) is 5.56 Å². The zero-order valence-electron chi connectivity index (χ0n) is 13.9. The lowest BCUT2D eigenvalue weighted by atomic mass is 10.0. The summed E-state index contributed by atoms with van der Waals surface area (Å²) in [6, 6.07) is 7.81. The molecule has 0 fully saturated rings. The third kappa shape index (κ3) is 3.00. The summed E-state index contributed by atoms with van der Waals surface area (Å²) in [4.78, 5) is 37.3.